The number of allylic oxidation sites excluding steroid dienone is 1. The maximum Gasteiger partial charge on any atom is 0.310 e. The highest BCUT2D eigenvalue weighted by atomic mass is 16.5. The molecule has 3 fully saturated rings. The lowest BCUT2D eigenvalue weighted by Crippen LogP contribution is -2.51. The molecule has 0 bridgehead atoms. The van der Waals surface area contributed by atoms with Crippen molar-refractivity contribution in [3.8, 4) is 0 Å². The minimum Gasteiger partial charge on any atom is -0.462 e. The lowest BCUT2D eigenvalue weighted by molar-refractivity contribution is -0.159. The fourth-order valence-corrected chi connectivity index (χ4v) is 7.67. The zero-order valence-electron chi connectivity index (χ0n) is 18.4. The van der Waals surface area contributed by atoms with Crippen LogP contribution in [0.2, 0.25) is 0 Å². The molecule has 3 saturated carbocycles. The Balaban J connectivity index is 1.31. The van der Waals surface area contributed by atoms with Crippen molar-refractivity contribution < 1.29 is 14.3 Å². The standard InChI is InChI=1S/C27H34O3/c1-26-14-12-20(28)17-19(26)8-9-21-22-10-11-24(27(22,2)15-13-23(21)26)30-25(29)16-18-6-4-3-5-7-18/h3-7,17,21-24H,8-16H2,1-2H3/t21-,22-,23-,24?,26-,27-/m0/s1. The molecule has 4 aliphatic rings. The molecule has 0 saturated heterocycles. The second-order valence-corrected chi connectivity index (χ2v) is 10.7. The Morgan fingerprint density at radius 2 is 1.80 bits per heavy atom. The van der Waals surface area contributed by atoms with Crippen molar-refractivity contribution in [1.82, 2.24) is 0 Å². The summed E-state index contributed by atoms with van der Waals surface area (Å²) in [5.41, 5.74) is 2.76. The van der Waals surface area contributed by atoms with Gasteiger partial charge in [-0.25, -0.2) is 0 Å². The SMILES string of the molecule is C[C@]12CCC(=O)C=C1CC[C@@H]1[C@@H]2CC[C@]2(C)C(OC(=O)Cc3ccccc3)CC[C@@H]12. The van der Waals surface area contributed by atoms with Gasteiger partial charge in [0.2, 0.25) is 0 Å². The Kier molecular flexibility index (Phi) is 4.91. The molecule has 1 aromatic rings. The molecular weight excluding hydrogens is 372 g/mol. The van der Waals surface area contributed by atoms with E-state index >= 15 is 0 Å². The summed E-state index contributed by atoms with van der Waals surface area (Å²) in [6.45, 7) is 4.82. The fourth-order valence-electron chi connectivity index (χ4n) is 7.67. The number of carbonyl (C=O) groups is 2. The van der Waals surface area contributed by atoms with Gasteiger partial charge >= 0.3 is 5.97 Å². The Hall–Kier alpha value is -1.90. The van der Waals surface area contributed by atoms with Gasteiger partial charge in [0, 0.05) is 11.8 Å². The van der Waals surface area contributed by atoms with E-state index in [1.165, 1.54) is 24.8 Å². The van der Waals surface area contributed by atoms with Crippen molar-refractivity contribution in [2.45, 2.75) is 77.7 Å². The van der Waals surface area contributed by atoms with Gasteiger partial charge in [-0.2, -0.15) is 0 Å². The van der Waals surface area contributed by atoms with Gasteiger partial charge in [0.1, 0.15) is 6.10 Å². The van der Waals surface area contributed by atoms with Crippen LogP contribution in [0.1, 0.15) is 70.8 Å². The topological polar surface area (TPSA) is 43.4 Å². The lowest BCUT2D eigenvalue weighted by Gasteiger charge is -2.57. The molecule has 30 heavy (non-hydrogen) atoms. The largest absolute Gasteiger partial charge is 0.462 e. The molecule has 0 radical (unpaired) electrons. The number of rotatable bonds is 3. The van der Waals surface area contributed by atoms with Crippen LogP contribution in [0, 0.1) is 28.6 Å². The van der Waals surface area contributed by atoms with Crippen LogP contribution >= 0.6 is 0 Å². The van der Waals surface area contributed by atoms with Gasteiger partial charge in [-0.15, -0.1) is 0 Å². The third-order valence-corrected chi connectivity index (χ3v) is 9.34. The van der Waals surface area contributed by atoms with Gasteiger partial charge in [0.25, 0.3) is 0 Å². The smallest absolute Gasteiger partial charge is 0.310 e. The minimum atomic E-state index is -0.0817. The van der Waals surface area contributed by atoms with Crippen LogP contribution in [-0.4, -0.2) is 17.9 Å². The normalized spacial score (nSPS) is 40.1. The molecule has 0 amide bonds. The number of carbonyl (C=O) groups excluding carboxylic acids is 2. The van der Waals surface area contributed by atoms with E-state index in [9.17, 15) is 9.59 Å². The summed E-state index contributed by atoms with van der Waals surface area (Å²) in [6, 6.07) is 9.91. The Bertz CT molecular complexity index is 871. The van der Waals surface area contributed by atoms with Crippen LogP contribution in [0.25, 0.3) is 0 Å². The molecule has 0 N–H and O–H groups in total. The van der Waals surface area contributed by atoms with Crippen molar-refractivity contribution in [3.05, 3.63) is 47.5 Å². The summed E-state index contributed by atoms with van der Waals surface area (Å²) in [7, 11) is 0. The van der Waals surface area contributed by atoms with E-state index in [1.807, 2.05) is 36.4 Å². The molecule has 5 rings (SSSR count). The summed E-state index contributed by atoms with van der Waals surface area (Å²) < 4.78 is 6.12. The molecule has 4 aliphatic carbocycles. The predicted molar refractivity (Wildman–Crippen MR) is 117 cm³/mol. The van der Waals surface area contributed by atoms with Crippen molar-refractivity contribution in [2.75, 3.05) is 0 Å². The van der Waals surface area contributed by atoms with E-state index in [0.717, 1.165) is 31.2 Å². The number of hydrogen-bond acceptors (Lipinski definition) is 3. The van der Waals surface area contributed by atoms with Crippen LogP contribution in [0.4, 0.5) is 0 Å². The maximum atomic E-state index is 12.7. The average Bonchev–Trinajstić information content (AvgIpc) is 3.05. The summed E-state index contributed by atoms with van der Waals surface area (Å²) in [6.07, 6.45) is 10.9. The Morgan fingerprint density at radius 3 is 2.60 bits per heavy atom. The number of ketones is 1. The third kappa shape index (κ3) is 3.16. The van der Waals surface area contributed by atoms with Crippen molar-refractivity contribution in [2.24, 2.45) is 28.6 Å². The number of ether oxygens (including phenoxy) is 1. The number of fused-ring (bicyclic) bond motifs is 5. The first kappa shape index (κ1) is 20.0. The van der Waals surface area contributed by atoms with Crippen LogP contribution in [0.3, 0.4) is 0 Å². The molecule has 6 atom stereocenters. The van der Waals surface area contributed by atoms with E-state index in [4.69, 9.17) is 4.74 Å². The summed E-state index contributed by atoms with van der Waals surface area (Å²) in [4.78, 5) is 24.7. The highest BCUT2D eigenvalue weighted by Gasteiger charge is 2.59. The fraction of sp³-hybridized carbons (Fsp3) is 0.630. The quantitative estimate of drug-likeness (QED) is 0.607. The average molecular weight is 407 g/mol. The van der Waals surface area contributed by atoms with Gasteiger partial charge < -0.3 is 4.74 Å². The second-order valence-electron chi connectivity index (χ2n) is 10.7. The second kappa shape index (κ2) is 7.35. The van der Waals surface area contributed by atoms with Crippen molar-refractivity contribution in [3.63, 3.8) is 0 Å². The van der Waals surface area contributed by atoms with Crippen LogP contribution in [0.5, 0.6) is 0 Å². The zero-order valence-corrected chi connectivity index (χ0v) is 18.4. The molecule has 1 unspecified atom stereocenters. The predicted octanol–water partition coefficient (Wildman–Crippen LogP) is 5.67. The van der Waals surface area contributed by atoms with E-state index in [1.54, 1.807) is 0 Å². The van der Waals surface area contributed by atoms with Gasteiger partial charge in [-0.3, -0.25) is 9.59 Å². The van der Waals surface area contributed by atoms with Gasteiger partial charge in [0.15, 0.2) is 5.78 Å². The van der Waals surface area contributed by atoms with E-state index < -0.39 is 0 Å². The van der Waals surface area contributed by atoms with E-state index in [0.29, 0.717) is 36.4 Å². The number of esters is 1. The van der Waals surface area contributed by atoms with Crippen LogP contribution < -0.4 is 0 Å². The maximum absolute atomic E-state index is 12.7. The van der Waals surface area contributed by atoms with Crippen molar-refractivity contribution in [1.29, 1.82) is 0 Å². The zero-order chi connectivity index (χ0) is 20.9. The highest BCUT2D eigenvalue weighted by molar-refractivity contribution is 5.91. The monoisotopic (exact) mass is 406 g/mol. The van der Waals surface area contributed by atoms with Crippen LogP contribution in [-0.2, 0) is 20.7 Å². The molecule has 3 nitrogen and oxygen atoms in total. The minimum absolute atomic E-state index is 0.0531. The molecule has 0 heterocycles. The first-order valence-corrected chi connectivity index (χ1v) is 11.9. The first-order valence-electron chi connectivity index (χ1n) is 11.9. The number of hydrogen-bond donors (Lipinski definition) is 0. The molecule has 3 heteroatoms. The van der Waals surface area contributed by atoms with Gasteiger partial charge in [-0.05, 0) is 79.8 Å². The molecule has 1 aromatic carbocycles. The molecule has 160 valence electrons. The summed E-state index contributed by atoms with van der Waals surface area (Å²) in [5, 5.41) is 0. The number of benzene rings is 1. The highest BCUT2D eigenvalue weighted by Crippen LogP contribution is 2.65. The Labute approximate surface area is 180 Å². The van der Waals surface area contributed by atoms with Gasteiger partial charge in [0.05, 0.1) is 6.42 Å². The molecule has 0 aliphatic heterocycles. The van der Waals surface area contributed by atoms with Crippen molar-refractivity contribution >= 4 is 11.8 Å². The molecule has 0 aromatic heterocycles. The van der Waals surface area contributed by atoms with Crippen LogP contribution in [0.15, 0.2) is 42.0 Å². The van der Waals surface area contributed by atoms with E-state index in [2.05, 4.69) is 13.8 Å². The Morgan fingerprint density at radius 1 is 1.00 bits per heavy atom. The summed E-state index contributed by atoms with van der Waals surface area (Å²) >= 11 is 0. The lowest BCUT2D eigenvalue weighted by atomic mass is 9.47. The summed E-state index contributed by atoms with van der Waals surface area (Å²) in [5.74, 6) is 2.27. The van der Waals surface area contributed by atoms with E-state index in [-0.39, 0.29) is 22.9 Å². The first-order chi connectivity index (χ1) is 14.4. The molecule has 0 spiro atoms. The molecular formula is C27H34O3. The van der Waals surface area contributed by atoms with Gasteiger partial charge in [-0.1, -0.05) is 49.8 Å². The third-order valence-electron chi connectivity index (χ3n) is 9.34.